The molecule has 0 saturated carbocycles. The average Bonchev–Trinajstić information content (AvgIpc) is 3.55. The van der Waals surface area contributed by atoms with Crippen molar-refractivity contribution in [1.29, 1.82) is 0 Å². The summed E-state index contributed by atoms with van der Waals surface area (Å²) in [5.41, 5.74) is 0.919. The second-order valence-corrected chi connectivity index (χ2v) is 15.6. The van der Waals surface area contributed by atoms with Crippen LogP contribution in [0.5, 0.6) is 11.5 Å². The van der Waals surface area contributed by atoms with Crippen LogP contribution in [-0.2, 0) is 39.9 Å². The van der Waals surface area contributed by atoms with Crippen molar-refractivity contribution < 1.29 is 52.5 Å². The molecule has 2 amide bonds. The van der Waals surface area contributed by atoms with Gasteiger partial charge in [0.05, 0.1) is 38.5 Å². The third kappa shape index (κ3) is 12.9. The molecule has 0 radical (unpaired) electrons. The minimum atomic E-state index is -1.63. The van der Waals surface area contributed by atoms with Crippen molar-refractivity contribution in [2.45, 2.75) is 64.0 Å². The molecule has 0 spiro atoms. The van der Waals surface area contributed by atoms with Crippen LogP contribution in [0.1, 0.15) is 77.6 Å². The number of unbranched alkanes of at least 4 members (excludes halogenated alkanes) is 6. The average molecular weight is 880 g/mol. The zero-order valence-electron chi connectivity index (χ0n) is 36.4. The lowest BCUT2D eigenvalue weighted by molar-refractivity contribution is -0.142. The van der Waals surface area contributed by atoms with Crippen LogP contribution in [-0.4, -0.2) is 72.9 Å². The van der Waals surface area contributed by atoms with Gasteiger partial charge in [-0.25, -0.2) is 14.4 Å². The molecule has 12 heteroatoms. The molecule has 1 aliphatic rings. The summed E-state index contributed by atoms with van der Waals surface area (Å²) in [6, 6.07) is 30.0. The molecule has 5 aromatic rings. The van der Waals surface area contributed by atoms with Gasteiger partial charge in [0.1, 0.15) is 17.4 Å². The van der Waals surface area contributed by atoms with Gasteiger partial charge in [0.25, 0.3) is 5.91 Å². The molecule has 2 atom stereocenters. The Kier molecular flexibility index (Phi) is 17.0. The number of esters is 3. The molecule has 6 rings (SSSR count). The molecule has 336 valence electrons. The highest BCUT2D eigenvalue weighted by atomic mass is 16.6. The molecule has 1 saturated heterocycles. The monoisotopic (exact) mass is 879 g/mol. The molecule has 0 N–H and O–H groups in total. The van der Waals surface area contributed by atoms with E-state index >= 15 is 0 Å². The van der Waals surface area contributed by atoms with Gasteiger partial charge in [-0.15, -0.1) is 0 Å². The molecule has 0 bridgehead atoms. The van der Waals surface area contributed by atoms with Crippen LogP contribution in [0.2, 0.25) is 0 Å². The minimum absolute atomic E-state index is 0.0776. The molecule has 65 heavy (non-hydrogen) atoms. The first-order valence-corrected chi connectivity index (χ1v) is 21.8. The van der Waals surface area contributed by atoms with Crippen molar-refractivity contribution in [2.24, 2.45) is 5.92 Å². The van der Waals surface area contributed by atoms with E-state index in [-0.39, 0.29) is 23.2 Å². The number of carbonyl (C=O) groups excluding carboxylic acids is 6. The minimum Gasteiger partial charge on any atom is -0.494 e. The summed E-state index contributed by atoms with van der Waals surface area (Å²) in [7, 11) is 0. The lowest BCUT2D eigenvalue weighted by atomic mass is 9.89. The molecule has 0 aliphatic carbocycles. The lowest BCUT2D eigenvalue weighted by Crippen LogP contribution is -2.34. The van der Waals surface area contributed by atoms with Crippen LogP contribution < -0.4 is 9.47 Å². The second kappa shape index (κ2) is 23.4. The molecular formula is C53H53NO11. The Morgan fingerprint density at radius 1 is 0.554 bits per heavy atom. The number of rotatable bonds is 25. The fourth-order valence-corrected chi connectivity index (χ4v) is 7.44. The van der Waals surface area contributed by atoms with Crippen LogP contribution in [0.15, 0.2) is 141 Å². The van der Waals surface area contributed by atoms with Gasteiger partial charge in [-0.05, 0) is 121 Å². The fourth-order valence-electron chi connectivity index (χ4n) is 7.44. The van der Waals surface area contributed by atoms with Gasteiger partial charge in [-0.1, -0.05) is 80.4 Å². The van der Waals surface area contributed by atoms with E-state index in [1.165, 1.54) is 0 Å². The maximum absolute atomic E-state index is 14.1. The normalized spacial score (nSPS) is 14.5. The Morgan fingerprint density at radius 2 is 1.03 bits per heavy atom. The predicted molar refractivity (Wildman–Crippen MR) is 246 cm³/mol. The fraction of sp³-hybridized carbons (Fsp3) is 0.283. The van der Waals surface area contributed by atoms with Crippen molar-refractivity contribution in [3.63, 3.8) is 0 Å². The van der Waals surface area contributed by atoms with Gasteiger partial charge in [0.2, 0.25) is 5.91 Å². The first kappa shape index (κ1) is 47.1. The van der Waals surface area contributed by atoms with Crippen molar-refractivity contribution >= 4 is 57.1 Å². The van der Waals surface area contributed by atoms with Crippen LogP contribution in [0.4, 0.5) is 0 Å². The molecule has 1 fully saturated rings. The number of carbonyl (C=O) groups is 6. The summed E-state index contributed by atoms with van der Waals surface area (Å²) < 4.78 is 27.8. The Balaban J connectivity index is 1.09. The van der Waals surface area contributed by atoms with Gasteiger partial charge in [0.15, 0.2) is 11.9 Å². The molecule has 12 nitrogen and oxygen atoms in total. The summed E-state index contributed by atoms with van der Waals surface area (Å²) in [6.07, 6.45) is 7.47. The standard InChI is InChI=1S/C53H53NO11/c1-4-46(55)63-29-15-8-6-13-27-61-44-25-23-38-31-42(21-19-40(38)33-44)49(57)36(3)48-50(52(59)54(51(48)58)35-37-17-11-10-12-18-37)65-53(60)43-22-20-41-34-45(26-24-39(41)32-43)62-28-14-7-9-16-30-64-47(56)5-2/h4-5,10-12,17-26,31-34,48,50H,1-3,6-9,13-16,27-30,35H2/t48-,50-/m1/s1. The molecular weight excluding hydrogens is 827 g/mol. The van der Waals surface area contributed by atoms with E-state index in [1.807, 2.05) is 36.4 Å². The highest BCUT2D eigenvalue weighted by Gasteiger charge is 2.52. The van der Waals surface area contributed by atoms with E-state index < -0.39 is 47.5 Å². The highest BCUT2D eigenvalue weighted by Crippen LogP contribution is 2.34. The Morgan fingerprint density at radius 3 is 1.57 bits per heavy atom. The van der Waals surface area contributed by atoms with Crippen molar-refractivity contribution in [2.75, 3.05) is 26.4 Å². The Hall–Kier alpha value is -7.34. The Bertz CT molecular complexity index is 2560. The number of fused-ring (bicyclic) bond motifs is 2. The topological polar surface area (TPSA) is 152 Å². The lowest BCUT2D eigenvalue weighted by Gasteiger charge is -2.18. The van der Waals surface area contributed by atoms with E-state index in [0.29, 0.717) is 43.5 Å². The summed E-state index contributed by atoms with van der Waals surface area (Å²) >= 11 is 0. The van der Waals surface area contributed by atoms with Crippen molar-refractivity contribution in [3.8, 4) is 11.5 Å². The Labute approximate surface area is 378 Å². The zero-order valence-corrected chi connectivity index (χ0v) is 36.4. The van der Waals surface area contributed by atoms with Gasteiger partial charge in [-0.3, -0.25) is 19.3 Å². The number of likely N-dealkylation sites (tertiary alicyclic amines) is 1. The number of ketones is 1. The zero-order chi connectivity index (χ0) is 46.1. The van der Waals surface area contributed by atoms with Gasteiger partial charge in [0, 0.05) is 23.3 Å². The highest BCUT2D eigenvalue weighted by molar-refractivity contribution is 6.18. The summed E-state index contributed by atoms with van der Waals surface area (Å²) in [6.45, 7) is 12.5. The number of nitrogens with zero attached hydrogens (tertiary/aromatic N) is 1. The number of ether oxygens (including phenoxy) is 5. The molecule has 1 heterocycles. The second-order valence-electron chi connectivity index (χ2n) is 15.6. The van der Waals surface area contributed by atoms with Crippen LogP contribution in [0.25, 0.3) is 21.5 Å². The first-order chi connectivity index (χ1) is 31.6. The maximum atomic E-state index is 14.1. The summed E-state index contributed by atoms with van der Waals surface area (Å²) in [5, 5.41) is 3.12. The van der Waals surface area contributed by atoms with Crippen LogP contribution in [0, 0.1) is 5.92 Å². The number of imide groups is 1. The smallest absolute Gasteiger partial charge is 0.338 e. The third-order valence-electron chi connectivity index (χ3n) is 11.0. The number of amides is 2. The maximum Gasteiger partial charge on any atom is 0.338 e. The quantitative estimate of drug-likeness (QED) is 0.0138. The predicted octanol–water partition coefficient (Wildman–Crippen LogP) is 9.48. The van der Waals surface area contributed by atoms with E-state index in [0.717, 1.165) is 90.0 Å². The summed E-state index contributed by atoms with van der Waals surface area (Å²) in [4.78, 5) is 79.4. The number of hydrogen-bond donors (Lipinski definition) is 0. The van der Waals surface area contributed by atoms with E-state index in [1.54, 1.807) is 66.7 Å². The molecule has 1 aliphatic heterocycles. The number of hydrogen-bond acceptors (Lipinski definition) is 11. The molecule has 0 aromatic heterocycles. The van der Waals surface area contributed by atoms with Gasteiger partial charge >= 0.3 is 17.9 Å². The van der Waals surface area contributed by atoms with E-state index in [9.17, 15) is 28.8 Å². The van der Waals surface area contributed by atoms with Crippen molar-refractivity contribution in [1.82, 2.24) is 4.90 Å². The number of Topliss-reactive ketones (excluding diaryl/α,β-unsaturated/α-hetero) is 1. The van der Waals surface area contributed by atoms with Crippen LogP contribution >= 0.6 is 0 Å². The van der Waals surface area contributed by atoms with E-state index in [4.69, 9.17) is 23.7 Å². The van der Waals surface area contributed by atoms with Crippen molar-refractivity contribution in [3.05, 3.63) is 157 Å². The SMILES string of the molecule is C=CC(=O)OCCCCCCOc1ccc2cc(C(=O)O[C@H]3C(=O)N(Cc4ccccc4)C(=O)[C@@H]3C(=C)C(=O)c3ccc4cc(OCCCCCCOC(=O)C=C)ccc4c3)ccc2c1. The van der Waals surface area contributed by atoms with Gasteiger partial charge in [-0.2, -0.15) is 0 Å². The third-order valence-corrected chi connectivity index (χ3v) is 11.0. The molecule has 5 aromatic carbocycles. The number of benzene rings is 5. The van der Waals surface area contributed by atoms with Crippen LogP contribution in [0.3, 0.4) is 0 Å². The van der Waals surface area contributed by atoms with Gasteiger partial charge < -0.3 is 23.7 Å². The largest absolute Gasteiger partial charge is 0.494 e. The molecule has 0 unspecified atom stereocenters. The summed E-state index contributed by atoms with van der Waals surface area (Å²) in [5.74, 6) is -3.79. The van der Waals surface area contributed by atoms with E-state index in [2.05, 4.69) is 19.7 Å². The first-order valence-electron chi connectivity index (χ1n) is 21.8.